The van der Waals surface area contributed by atoms with Crippen molar-refractivity contribution in [3.63, 3.8) is 0 Å². The summed E-state index contributed by atoms with van der Waals surface area (Å²) in [6.07, 6.45) is 0. The number of carbonyl (C=O) groups excluding carboxylic acids is 2. The van der Waals surface area contributed by atoms with E-state index in [0.717, 1.165) is 0 Å². The largest absolute Gasteiger partial charge is 0.497 e. The highest BCUT2D eigenvalue weighted by molar-refractivity contribution is 6.13. The van der Waals surface area contributed by atoms with Crippen LogP contribution in [0.1, 0.15) is 10.4 Å². The molecule has 0 unspecified atom stereocenters. The Morgan fingerprint density at radius 1 is 1.28 bits per heavy atom. The molecule has 1 heterocycles. The molecular weight excluding hydrogens is 236 g/mol. The number of esters is 1. The van der Waals surface area contributed by atoms with Crippen molar-refractivity contribution >= 4 is 11.8 Å². The van der Waals surface area contributed by atoms with Crippen LogP contribution >= 0.6 is 0 Å². The number of methoxy groups -OCH3 is 2. The maximum absolute atomic E-state index is 12.4. The molecule has 1 aliphatic rings. The summed E-state index contributed by atoms with van der Waals surface area (Å²) in [6.45, 7) is 0.130. The van der Waals surface area contributed by atoms with Crippen LogP contribution in [0, 0.1) is 5.41 Å². The molecule has 1 fully saturated rings. The minimum Gasteiger partial charge on any atom is -0.497 e. The Morgan fingerprint density at radius 3 is 2.50 bits per heavy atom. The average Bonchev–Trinajstić information content (AvgIpc) is 2.37. The van der Waals surface area contributed by atoms with E-state index in [1.54, 1.807) is 24.3 Å². The monoisotopic (exact) mass is 250 g/mol. The maximum atomic E-state index is 12.4. The predicted octanol–water partition coefficient (Wildman–Crippen LogP) is 1.07. The minimum atomic E-state index is -1.19. The number of hydrogen-bond donors (Lipinski definition) is 0. The fraction of sp³-hybridized carbons (Fsp3) is 0.385. The molecule has 0 aromatic heterocycles. The molecule has 96 valence electrons. The summed E-state index contributed by atoms with van der Waals surface area (Å²) in [6, 6.07) is 6.69. The van der Waals surface area contributed by atoms with E-state index in [4.69, 9.17) is 9.47 Å². The summed E-state index contributed by atoms with van der Waals surface area (Å²) < 4.78 is 14.7. The van der Waals surface area contributed by atoms with Gasteiger partial charge in [-0.3, -0.25) is 9.59 Å². The van der Waals surface area contributed by atoms with Crippen LogP contribution in [0.2, 0.25) is 0 Å². The average molecular weight is 250 g/mol. The molecule has 0 N–H and O–H groups in total. The molecule has 1 aromatic carbocycles. The lowest BCUT2D eigenvalue weighted by Crippen LogP contribution is -2.55. The van der Waals surface area contributed by atoms with Crippen LogP contribution in [-0.2, 0) is 14.3 Å². The van der Waals surface area contributed by atoms with E-state index in [2.05, 4.69) is 4.74 Å². The second kappa shape index (κ2) is 4.78. The first-order valence-electron chi connectivity index (χ1n) is 5.49. The van der Waals surface area contributed by atoms with Crippen molar-refractivity contribution in [3.8, 4) is 5.75 Å². The molecular formula is C13H14O5. The first-order chi connectivity index (χ1) is 8.64. The fourth-order valence-corrected chi connectivity index (χ4v) is 1.88. The molecule has 0 spiro atoms. The van der Waals surface area contributed by atoms with Gasteiger partial charge in [0.2, 0.25) is 0 Å². The zero-order valence-electron chi connectivity index (χ0n) is 10.3. The number of ether oxygens (including phenoxy) is 3. The number of carbonyl (C=O) groups is 2. The van der Waals surface area contributed by atoms with Gasteiger partial charge in [-0.05, 0) is 12.1 Å². The van der Waals surface area contributed by atoms with Crippen molar-refractivity contribution in [2.24, 2.45) is 5.41 Å². The Bertz CT molecular complexity index is 476. The molecule has 0 amide bonds. The zero-order chi connectivity index (χ0) is 13.2. The number of Topliss-reactive ketones (excluding diaryl/α,β-unsaturated/α-hetero) is 1. The third kappa shape index (κ3) is 1.86. The van der Waals surface area contributed by atoms with Crippen molar-refractivity contribution in [2.75, 3.05) is 27.4 Å². The number of rotatable bonds is 4. The van der Waals surface area contributed by atoms with Gasteiger partial charge in [-0.15, -0.1) is 0 Å². The van der Waals surface area contributed by atoms with Crippen LogP contribution in [0.25, 0.3) is 0 Å². The van der Waals surface area contributed by atoms with Gasteiger partial charge < -0.3 is 14.2 Å². The summed E-state index contributed by atoms with van der Waals surface area (Å²) >= 11 is 0. The van der Waals surface area contributed by atoms with Gasteiger partial charge in [-0.2, -0.15) is 0 Å². The van der Waals surface area contributed by atoms with Gasteiger partial charge in [0.1, 0.15) is 5.75 Å². The highest BCUT2D eigenvalue weighted by Crippen LogP contribution is 2.33. The van der Waals surface area contributed by atoms with Gasteiger partial charge in [0, 0.05) is 5.56 Å². The smallest absolute Gasteiger partial charge is 0.324 e. The Morgan fingerprint density at radius 2 is 2.00 bits per heavy atom. The van der Waals surface area contributed by atoms with Crippen LogP contribution in [0.4, 0.5) is 0 Å². The maximum Gasteiger partial charge on any atom is 0.324 e. The van der Waals surface area contributed by atoms with Gasteiger partial charge in [0.25, 0.3) is 0 Å². The van der Waals surface area contributed by atoms with Crippen LogP contribution in [0.5, 0.6) is 5.75 Å². The quantitative estimate of drug-likeness (QED) is 0.454. The number of hydrogen-bond acceptors (Lipinski definition) is 5. The molecule has 1 aliphatic heterocycles. The summed E-state index contributed by atoms with van der Waals surface area (Å²) in [5.74, 6) is -0.276. The van der Waals surface area contributed by atoms with Crippen molar-refractivity contribution in [3.05, 3.63) is 29.8 Å². The predicted molar refractivity (Wildman–Crippen MR) is 62.6 cm³/mol. The summed E-state index contributed by atoms with van der Waals surface area (Å²) in [4.78, 5) is 24.1. The van der Waals surface area contributed by atoms with E-state index in [9.17, 15) is 9.59 Å². The first-order valence-corrected chi connectivity index (χ1v) is 5.49. The van der Waals surface area contributed by atoms with Gasteiger partial charge >= 0.3 is 5.97 Å². The topological polar surface area (TPSA) is 61.8 Å². The molecule has 0 radical (unpaired) electrons. The van der Waals surface area contributed by atoms with Crippen molar-refractivity contribution in [1.29, 1.82) is 0 Å². The second-order valence-corrected chi connectivity index (χ2v) is 4.13. The van der Waals surface area contributed by atoms with Crippen LogP contribution in [0.3, 0.4) is 0 Å². The Kier molecular flexibility index (Phi) is 3.34. The van der Waals surface area contributed by atoms with Crippen molar-refractivity contribution < 1.29 is 23.8 Å². The van der Waals surface area contributed by atoms with E-state index in [1.165, 1.54) is 14.2 Å². The Hall–Kier alpha value is -1.88. The lowest BCUT2D eigenvalue weighted by Gasteiger charge is -2.36. The van der Waals surface area contributed by atoms with Crippen molar-refractivity contribution in [1.82, 2.24) is 0 Å². The molecule has 0 atom stereocenters. The number of ketones is 1. The standard InChI is InChI=1S/C13H14O5/c1-16-10-5-3-4-9(6-10)11(14)13(7-18-8-13)12(15)17-2/h3-6H,7-8H2,1-2H3. The minimum absolute atomic E-state index is 0.0652. The van der Waals surface area contributed by atoms with E-state index < -0.39 is 11.4 Å². The molecule has 1 aromatic rings. The van der Waals surface area contributed by atoms with E-state index >= 15 is 0 Å². The molecule has 0 bridgehead atoms. The molecule has 0 saturated carbocycles. The van der Waals surface area contributed by atoms with Gasteiger partial charge in [0.15, 0.2) is 11.2 Å². The summed E-state index contributed by atoms with van der Waals surface area (Å²) in [5.41, 5.74) is -0.774. The fourth-order valence-electron chi connectivity index (χ4n) is 1.88. The molecule has 18 heavy (non-hydrogen) atoms. The SMILES string of the molecule is COC(=O)C1(C(=O)c2cccc(OC)c2)COC1. The van der Waals surface area contributed by atoms with E-state index in [1.807, 2.05) is 0 Å². The van der Waals surface area contributed by atoms with Crippen LogP contribution < -0.4 is 4.74 Å². The highest BCUT2D eigenvalue weighted by Gasteiger charge is 2.53. The molecule has 5 heteroatoms. The van der Waals surface area contributed by atoms with E-state index in [0.29, 0.717) is 11.3 Å². The Labute approximate surface area is 105 Å². The zero-order valence-corrected chi connectivity index (χ0v) is 10.3. The van der Waals surface area contributed by atoms with Gasteiger partial charge in [-0.25, -0.2) is 0 Å². The summed E-state index contributed by atoms with van der Waals surface area (Å²) in [7, 11) is 2.79. The third-order valence-corrected chi connectivity index (χ3v) is 3.04. The normalized spacial score (nSPS) is 16.6. The highest BCUT2D eigenvalue weighted by atomic mass is 16.5. The van der Waals surface area contributed by atoms with Crippen LogP contribution in [-0.4, -0.2) is 39.2 Å². The third-order valence-electron chi connectivity index (χ3n) is 3.04. The van der Waals surface area contributed by atoms with Gasteiger partial charge in [0.05, 0.1) is 27.4 Å². The molecule has 1 saturated heterocycles. The lowest BCUT2D eigenvalue weighted by atomic mass is 9.78. The Balaban J connectivity index is 2.32. The van der Waals surface area contributed by atoms with Gasteiger partial charge in [-0.1, -0.05) is 12.1 Å². The molecule has 5 nitrogen and oxygen atoms in total. The van der Waals surface area contributed by atoms with E-state index in [-0.39, 0.29) is 19.0 Å². The van der Waals surface area contributed by atoms with Crippen LogP contribution in [0.15, 0.2) is 24.3 Å². The molecule has 2 rings (SSSR count). The first kappa shape index (κ1) is 12.6. The lowest BCUT2D eigenvalue weighted by molar-refractivity contribution is -0.172. The van der Waals surface area contributed by atoms with Crippen molar-refractivity contribution in [2.45, 2.75) is 0 Å². The molecule has 0 aliphatic carbocycles. The number of benzene rings is 1. The second-order valence-electron chi connectivity index (χ2n) is 4.13. The summed E-state index contributed by atoms with van der Waals surface area (Å²) in [5, 5.41) is 0.